The maximum atomic E-state index is 12.9. The summed E-state index contributed by atoms with van der Waals surface area (Å²) < 4.78 is 1.39. The zero-order valence-corrected chi connectivity index (χ0v) is 15.2. The predicted octanol–water partition coefficient (Wildman–Crippen LogP) is 0.971. The third kappa shape index (κ3) is 4.29. The van der Waals surface area contributed by atoms with Crippen molar-refractivity contribution in [2.24, 2.45) is 5.73 Å². The number of aryl methyl sites for hydroxylation is 1. The summed E-state index contributed by atoms with van der Waals surface area (Å²) in [6.45, 7) is 1.74. The first-order valence-corrected chi connectivity index (χ1v) is 8.62. The second-order valence-corrected chi connectivity index (χ2v) is 6.21. The number of Topliss-reactive ketones (excluding diaryl/α,β-unsaturated/α-hetero) is 1. The molecule has 0 aliphatic carbocycles. The number of benzene rings is 1. The Hall–Kier alpha value is -3.81. The fourth-order valence-electron chi connectivity index (χ4n) is 2.78. The highest BCUT2D eigenvalue weighted by atomic mass is 16.2. The average molecular weight is 377 g/mol. The van der Waals surface area contributed by atoms with Gasteiger partial charge in [0.05, 0.1) is 5.69 Å². The van der Waals surface area contributed by atoms with Gasteiger partial charge in [-0.15, -0.1) is 0 Å². The van der Waals surface area contributed by atoms with Gasteiger partial charge in [0.25, 0.3) is 11.8 Å². The van der Waals surface area contributed by atoms with Gasteiger partial charge in [0.2, 0.25) is 5.78 Å². The first-order valence-electron chi connectivity index (χ1n) is 8.62. The van der Waals surface area contributed by atoms with Crippen LogP contribution < -0.4 is 11.1 Å². The van der Waals surface area contributed by atoms with Crippen molar-refractivity contribution in [2.45, 2.75) is 19.4 Å². The quantitative estimate of drug-likeness (QED) is 0.595. The van der Waals surface area contributed by atoms with Crippen molar-refractivity contribution in [3.05, 3.63) is 77.7 Å². The Kier molecular flexibility index (Phi) is 5.59. The lowest BCUT2D eigenvalue weighted by molar-refractivity contribution is -0.137. The van der Waals surface area contributed by atoms with Crippen LogP contribution in [-0.4, -0.2) is 38.4 Å². The highest BCUT2D eigenvalue weighted by Crippen LogP contribution is 2.12. The van der Waals surface area contributed by atoms with Crippen molar-refractivity contribution in [1.29, 1.82) is 0 Å². The van der Waals surface area contributed by atoms with Crippen LogP contribution in [0.1, 0.15) is 21.7 Å². The van der Waals surface area contributed by atoms with Crippen LogP contribution in [0.15, 0.2) is 60.8 Å². The number of carbonyl (C=O) groups is 3. The molecule has 1 aromatic carbocycles. The predicted molar refractivity (Wildman–Crippen MR) is 102 cm³/mol. The van der Waals surface area contributed by atoms with E-state index in [1.165, 1.54) is 4.68 Å². The first kappa shape index (κ1) is 19.0. The van der Waals surface area contributed by atoms with Crippen LogP contribution >= 0.6 is 0 Å². The molecule has 2 heterocycles. The Morgan fingerprint density at radius 3 is 2.46 bits per heavy atom. The molecule has 1 unspecified atom stereocenters. The summed E-state index contributed by atoms with van der Waals surface area (Å²) in [6, 6.07) is 14.8. The van der Waals surface area contributed by atoms with Crippen molar-refractivity contribution in [3.8, 4) is 5.82 Å². The fourth-order valence-corrected chi connectivity index (χ4v) is 2.78. The zero-order valence-electron chi connectivity index (χ0n) is 15.2. The highest BCUT2D eigenvalue weighted by Gasteiger charge is 2.27. The molecular formula is C20H19N5O3. The van der Waals surface area contributed by atoms with E-state index in [1.54, 1.807) is 49.5 Å². The van der Waals surface area contributed by atoms with E-state index >= 15 is 0 Å². The molecule has 0 spiro atoms. The monoisotopic (exact) mass is 377 g/mol. The SMILES string of the molecule is Cc1cc(C(=O)NC(Cc2ccccc2)C(=O)C(N)=O)n(-c2ccccn2)n1. The summed E-state index contributed by atoms with van der Waals surface area (Å²) in [6.07, 6.45) is 1.73. The van der Waals surface area contributed by atoms with E-state index in [0.29, 0.717) is 11.5 Å². The molecule has 0 radical (unpaired) electrons. The lowest BCUT2D eigenvalue weighted by Gasteiger charge is -2.16. The number of hydrogen-bond acceptors (Lipinski definition) is 5. The molecule has 8 nitrogen and oxygen atoms in total. The number of nitrogens with one attached hydrogen (secondary N) is 1. The third-order valence-corrected chi connectivity index (χ3v) is 4.08. The molecule has 28 heavy (non-hydrogen) atoms. The van der Waals surface area contributed by atoms with Gasteiger partial charge < -0.3 is 11.1 Å². The van der Waals surface area contributed by atoms with E-state index < -0.39 is 23.6 Å². The molecule has 0 bridgehead atoms. The van der Waals surface area contributed by atoms with Gasteiger partial charge in [-0.1, -0.05) is 36.4 Å². The van der Waals surface area contributed by atoms with Crippen LogP contribution in [0.5, 0.6) is 0 Å². The van der Waals surface area contributed by atoms with Crippen molar-refractivity contribution >= 4 is 17.6 Å². The fraction of sp³-hybridized carbons (Fsp3) is 0.150. The van der Waals surface area contributed by atoms with Gasteiger partial charge in [-0.05, 0) is 30.7 Å². The van der Waals surface area contributed by atoms with Crippen LogP contribution in [0.3, 0.4) is 0 Å². The van der Waals surface area contributed by atoms with E-state index in [2.05, 4.69) is 15.4 Å². The minimum atomic E-state index is -1.10. The maximum absolute atomic E-state index is 12.9. The van der Waals surface area contributed by atoms with E-state index in [9.17, 15) is 14.4 Å². The number of amides is 2. The average Bonchev–Trinajstić information content (AvgIpc) is 3.10. The Balaban J connectivity index is 1.88. The molecule has 0 saturated heterocycles. The molecule has 0 fully saturated rings. The number of primary amides is 1. The van der Waals surface area contributed by atoms with Gasteiger partial charge in [0, 0.05) is 12.6 Å². The Morgan fingerprint density at radius 1 is 1.11 bits per heavy atom. The van der Waals surface area contributed by atoms with Gasteiger partial charge >= 0.3 is 0 Å². The lowest BCUT2D eigenvalue weighted by Crippen LogP contribution is -2.47. The largest absolute Gasteiger partial charge is 0.363 e. The second kappa shape index (κ2) is 8.26. The highest BCUT2D eigenvalue weighted by molar-refractivity contribution is 6.38. The summed E-state index contributed by atoms with van der Waals surface area (Å²) in [4.78, 5) is 40.8. The number of ketones is 1. The van der Waals surface area contributed by atoms with E-state index in [4.69, 9.17) is 5.73 Å². The van der Waals surface area contributed by atoms with Crippen molar-refractivity contribution in [3.63, 3.8) is 0 Å². The summed E-state index contributed by atoms with van der Waals surface area (Å²) >= 11 is 0. The normalized spacial score (nSPS) is 11.6. The van der Waals surface area contributed by atoms with E-state index in [-0.39, 0.29) is 12.1 Å². The van der Waals surface area contributed by atoms with Crippen LogP contribution in [0.25, 0.3) is 5.82 Å². The van der Waals surface area contributed by atoms with Gasteiger partial charge in [0.1, 0.15) is 11.7 Å². The minimum absolute atomic E-state index is 0.144. The molecule has 1 atom stereocenters. The maximum Gasteiger partial charge on any atom is 0.287 e. The molecule has 3 N–H and O–H groups in total. The number of carbonyl (C=O) groups excluding carboxylic acids is 3. The number of rotatable bonds is 7. The molecule has 0 aliphatic rings. The molecule has 142 valence electrons. The summed E-state index contributed by atoms with van der Waals surface area (Å²) in [5.41, 5.74) is 6.76. The number of nitrogens with zero attached hydrogens (tertiary/aromatic N) is 3. The molecule has 0 aliphatic heterocycles. The smallest absolute Gasteiger partial charge is 0.287 e. The van der Waals surface area contributed by atoms with Crippen LogP contribution in [0, 0.1) is 6.92 Å². The molecule has 3 rings (SSSR count). The molecule has 2 aromatic heterocycles. The van der Waals surface area contributed by atoms with Crippen LogP contribution in [0.2, 0.25) is 0 Å². The number of pyridine rings is 1. The zero-order chi connectivity index (χ0) is 20.1. The minimum Gasteiger partial charge on any atom is -0.363 e. The van der Waals surface area contributed by atoms with Crippen molar-refractivity contribution in [2.75, 3.05) is 0 Å². The lowest BCUT2D eigenvalue weighted by atomic mass is 10.0. The first-order chi connectivity index (χ1) is 13.5. The van der Waals surface area contributed by atoms with Gasteiger partial charge in [-0.2, -0.15) is 5.10 Å². The number of aromatic nitrogens is 3. The second-order valence-electron chi connectivity index (χ2n) is 6.21. The molecule has 8 heteroatoms. The third-order valence-electron chi connectivity index (χ3n) is 4.08. The summed E-state index contributed by atoms with van der Waals surface area (Å²) in [5.74, 6) is -2.06. The van der Waals surface area contributed by atoms with E-state index in [0.717, 1.165) is 5.56 Å². The van der Waals surface area contributed by atoms with E-state index in [1.807, 2.05) is 18.2 Å². The number of hydrogen-bond donors (Lipinski definition) is 2. The standard InChI is InChI=1S/C20H19N5O3/c1-13-11-16(25(24-13)17-9-5-6-10-22-17)20(28)23-15(18(26)19(21)27)12-14-7-3-2-4-8-14/h2-11,15H,12H2,1H3,(H2,21,27)(H,23,28). The topological polar surface area (TPSA) is 120 Å². The summed E-state index contributed by atoms with van der Waals surface area (Å²) in [7, 11) is 0. The van der Waals surface area contributed by atoms with Gasteiger partial charge in [0.15, 0.2) is 5.82 Å². The van der Waals surface area contributed by atoms with Crippen LogP contribution in [0.4, 0.5) is 0 Å². The van der Waals surface area contributed by atoms with Crippen molar-refractivity contribution in [1.82, 2.24) is 20.1 Å². The molecular weight excluding hydrogens is 358 g/mol. The Morgan fingerprint density at radius 2 is 1.82 bits per heavy atom. The Bertz CT molecular complexity index is 999. The Labute approximate surface area is 161 Å². The molecule has 3 aromatic rings. The van der Waals surface area contributed by atoms with Gasteiger partial charge in [-0.3, -0.25) is 14.4 Å². The van der Waals surface area contributed by atoms with Crippen LogP contribution in [-0.2, 0) is 16.0 Å². The molecule has 0 saturated carbocycles. The van der Waals surface area contributed by atoms with Gasteiger partial charge in [-0.25, -0.2) is 9.67 Å². The number of nitrogens with two attached hydrogens (primary N) is 1. The molecule has 2 amide bonds. The summed E-state index contributed by atoms with van der Waals surface area (Å²) in [5, 5.41) is 6.90. The van der Waals surface area contributed by atoms with Crippen molar-refractivity contribution < 1.29 is 14.4 Å².